The van der Waals surface area contributed by atoms with Crippen LogP contribution in [0.4, 0.5) is 0 Å². The second kappa shape index (κ2) is 4.55. The van der Waals surface area contributed by atoms with Crippen LogP contribution in [0.15, 0.2) is 22.9 Å². The minimum absolute atomic E-state index is 0.342. The number of aromatic nitrogens is 1. The molecule has 3 nitrogen and oxygen atoms in total. The predicted octanol–water partition coefficient (Wildman–Crippen LogP) is 3.05. The van der Waals surface area contributed by atoms with Gasteiger partial charge in [-0.3, -0.25) is 0 Å². The van der Waals surface area contributed by atoms with Gasteiger partial charge >= 0.3 is 5.97 Å². The molecule has 2 aromatic heterocycles. The Kier molecular flexibility index (Phi) is 3.13. The summed E-state index contributed by atoms with van der Waals surface area (Å²) in [5, 5.41) is 4.27. The van der Waals surface area contributed by atoms with Crippen LogP contribution < -0.4 is 0 Å². The lowest BCUT2D eigenvalue weighted by atomic mass is 10.4. The lowest BCUT2D eigenvalue weighted by Crippen LogP contribution is -2.03. The van der Waals surface area contributed by atoms with E-state index in [1.165, 1.54) is 11.3 Å². The van der Waals surface area contributed by atoms with Crippen molar-refractivity contribution < 1.29 is 9.53 Å². The number of thiazole rings is 1. The van der Waals surface area contributed by atoms with Crippen molar-refractivity contribution in [3.63, 3.8) is 0 Å². The Morgan fingerprint density at radius 1 is 1.53 bits per heavy atom. The van der Waals surface area contributed by atoms with Crippen molar-refractivity contribution in [2.75, 3.05) is 6.61 Å². The van der Waals surface area contributed by atoms with Crippen LogP contribution in [-0.2, 0) is 4.74 Å². The first-order valence-electron chi connectivity index (χ1n) is 4.47. The summed E-state index contributed by atoms with van der Waals surface area (Å²) in [6.45, 7) is 2.17. The van der Waals surface area contributed by atoms with E-state index < -0.39 is 0 Å². The minimum Gasteiger partial charge on any atom is -0.461 e. The summed E-state index contributed by atoms with van der Waals surface area (Å²) >= 11 is 2.92. The Hall–Kier alpha value is -1.20. The average molecular weight is 239 g/mol. The number of carbonyl (C=O) groups excluding carboxylic acids is 1. The normalized spacial score (nSPS) is 10.2. The Labute approximate surface area is 95.4 Å². The fourth-order valence-electron chi connectivity index (χ4n) is 1.10. The minimum atomic E-state index is -0.342. The van der Waals surface area contributed by atoms with Crippen LogP contribution in [0.25, 0.3) is 10.6 Å². The number of thiophene rings is 1. The summed E-state index contributed by atoms with van der Waals surface area (Å²) in [6, 6.07) is 3.94. The highest BCUT2D eigenvalue weighted by atomic mass is 32.1. The Morgan fingerprint density at radius 3 is 3.07 bits per heavy atom. The third kappa shape index (κ3) is 2.24. The van der Waals surface area contributed by atoms with Crippen LogP contribution in [0, 0.1) is 0 Å². The van der Waals surface area contributed by atoms with Crippen LogP contribution in [0.2, 0.25) is 0 Å². The van der Waals surface area contributed by atoms with Crippen LogP contribution in [0.3, 0.4) is 0 Å². The van der Waals surface area contributed by atoms with Gasteiger partial charge in [0.15, 0.2) is 0 Å². The van der Waals surface area contributed by atoms with Gasteiger partial charge in [0.2, 0.25) is 5.01 Å². The number of rotatable bonds is 3. The molecule has 0 saturated heterocycles. The van der Waals surface area contributed by atoms with Gasteiger partial charge in [0.25, 0.3) is 0 Å². The van der Waals surface area contributed by atoms with Gasteiger partial charge < -0.3 is 4.74 Å². The second-order valence-electron chi connectivity index (χ2n) is 2.74. The largest absolute Gasteiger partial charge is 0.461 e. The number of nitrogens with zero attached hydrogens (tertiary/aromatic N) is 1. The quantitative estimate of drug-likeness (QED) is 0.773. The van der Waals surface area contributed by atoms with Crippen LogP contribution in [-0.4, -0.2) is 17.6 Å². The lowest BCUT2D eigenvalue weighted by molar-refractivity contribution is 0.0526. The Bertz CT molecular complexity index is 448. The molecule has 0 fully saturated rings. The summed E-state index contributed by atoms with van der Waals surface area (Å²) in [6.07, 6.45) is 0. The zero-order valence-electron chi connectivity index (χ0n) is 8.10. The molecule has 15 heavy (non-hydrogen) atoms. The monoisotopic (exact) mass is 239 g/mol. The fraction of sp³-hybridized carbons (Fsp3) is 0.200. The number of ether oxygens (including phenoxy) is 1. The molecule has 0 atom stereocenters. The molecule has 0 radical (unpaired) electrons. The van der Waals surface area contributed by atoms with E-state index in [9.17, 15) is 4.79 Å². The standard InChI is InChI=1S/C10H9NO2S2/c1-2-13-10(12)9-11-7(6-15-9)8-4-3-5-14-8/h3-6H,2H2,1H3. The third-order valence-corrected chi connectivity index (χ3v) is 3.44. The van der Waals surface area contributed by atoms with Crippen molar-refractivity contribution in [2.45, 2.75) is 6.92 Å². The van der Waals surface area contributed by atoms with E-state index in [2.05, 4.69) is 4.98 Å². The van der Waals surface area contributed by atoms with Gasteiger partial charge in [-0.25, -0.2) is 9.78 Å². The van der Waals surface area contributed by atoms with Crippen LogP contribution in [0.5, 0.6) is 0 Å². The highest BCUT2D eigenvalue weighted by molar-refractivity contribution is 7.15. The highest BCUT2D eigenvalue weighted by Gasteiger charge is 2.12. The average Bonchev–Trinajstić information content (AvgIpc) is 2.89. The summed E-state index contributed by atoms with van der Waals surface area (Å²) < 4.78 is 4.87. The van der Waals surface area contributed by atoms with Crippen LogP contribution >= 0.6 is 22.7 Å². The molecule has 0 aliphatic heterocycles. The molecule has 0 N–H and O–H groups in total. The van der Waals surface area contributed by atoms with E-state index >= 15 is 0 Å². The molecule has 0 saturated carbocycles. The summed E-state index contributed by atoms with van der Waals surface area (Å²) in [4.78, 5) is 16.7. The molecule has 0 unspecified atom stereocenters. The molecule has 0 aliphatic rings. The topological polar surface area (TPSA) is 39.2 Å². The molecule has 0 amide bonds. The molecule has 0 aromatic carbocycles. The van der Waals surface area contributed by atoms with Gasteiger partial charge in [0.05, 0.1) is 17.2 Å². The second-order valence-corrected chi connectivity index (χ2v) is 4.54. The van der Waals surface area contributed by atoms with Crippen LogP contribution in [0.1, 0.15) is 16.7 Å². The maximum atomic E-state index is 11.4. The van der Waals surface area contributed by atoms with Crippen molar-refractivity contribution in [3.05, 3.63) is 27.9 Å². The first-order chi connectivity index (χ1) is 7.31. The van der Waals surface area contributed by atoms with E-state index in [0.29, 0.717) is 11.6 Å². The van der Waals surface area contributed by atoms with Crippen molar-refractivity contribution in [1.82, 2.24) is 4.98 Å². The van der Waals surface area contributed by atoms with Crippen molar-refractivity contribution in [1.29, 1.82) is 0 Å². The first kappa shape index (κ1) is 10.3. The van der Waals surface area contributed by atoms with Crippen molar-refractivity contribution in [3.8, 4) is 10.6 Å². The van der Waals surface area contributed by atoms with Gasteiger partial charge in [0, 0.05) is 5.38 Å². The van der Waals surface area contributed by atoms with Gasteiger partial charge in [-0.15, -0.1) is 22.7 Å². The summed E-state index contributed by atoms with van der Waals surface area (Å²) in [5.41, 5.74) is 0.845. The van der Waals surface area contributed by atoms with Gasteiger partial charge in [-0.05, 0) is 18.4 Å². The number of hydrogen-bond acceptors (Lipinski definition) is 5. The van der Waals surface area contributed by atoms with E-state index in [0.717, 1.165) is 10.6 Å². The lowest BCUT2D eigenvalue weighted by Gasteiger charge is -1.95. The zero-order chi connectivity index (χ0) is 10.7. The maximum Gasteiger partial charge on any atom is 0.367 e. The maximum absolute atomic E-state index is 11.4. The predicted molar refractivity (Wildman–Crippen MR) is 61.4 cm³/mol. The third-order valence-electron chi connectivity index (χ3n) is 1.73. The molecule has 2 aromatic rings. The van der Waals surface area contributed by atoms with Gasteiger partial charge in [-0.2, -0.15) is 0 Å². The Balaban J connectivity index is 2.21. The molecule has 0 spiro atoms. The number of hydrogen-bond donors (Lipinski definition) is 0. The molecular weight excluding hydrogens is 230 g/mol. The molecule has 2 rings (SSSR count). The van der Waals surface area contributed by atoms with E-state index in [1.807, 2.05) is 22.9 Å². The SMILES string of the molecule is CCOC(=O)c1nc(-c2cccs2)cs1. The zero-order valence-corrected chi connectivity index (χ0v) is 9.73. The first-order valence-corrected chi connectivity index (χ1v) is 6.23. The van der Waals surface area contributed by atoms with Gasteiger partial charge in [0.1, 0.15) is 0 Å². The van der Waals surface area contributed by atoms with Crippen molar-refractivity contribution >= 4 is 28.6 Å². The Morgan fingerprint density at radius 2 is 2.40 bits per heavy atom. The number of carbonyl (C=O) groups is 1. The molecular formula is C10H9NO2S2. The van der Waals surface area contributed by atoms with Gasteiger partial charge in [-0.1, -0.05) is 6.07 Å². The summed E-state index contributed by atoms with van der Waals surface area (Å²) in [7, 11) is 0. The molecule has 78 valence electrons. The highest BCUT2D eigenvalue weighted by Crippen LogP contribution is 2.26. The molecule has 5 heteroatoms. The van der Waals surface area contributed by atoms with Crippen molar-refractivity contribution in [2.24, 2.45) is 0 Å². The molecule has 2 heterocycles. The van der Waals surface area contributed by atoms with E-state index in [4.69, 9.17) is 4.74 Å². The number of esters is 1. The molecule has 0 aliphatic carbocycles. The smallest absolute Gasteiger partial charge is 0.367 e. The van der Waals surface area contributed by atoms with E-state index in [-0.39, 0.29) is 5.97 Å². The van der Waals surface area contributed by atoms with E-state index in [1.54, 1.807) is 18.3 Å². The fourth-order valence-corrected chi connectivity index (χ4v) is 2.57. The molecule has 0 bridgehead atoms. The summed E-state index contributed by atoms with van der Waals surface area (Å²) in [5.74, 6) is -0.342.